The van der Waals surface area contributed by atoms with Crippen LogP contribution in [0.25, 0.3) is 0 Å². The third-order valence-electron chi connectivity index (χ3n) is 2.22. The van der Waals surface area contributed by atoms with Gasteiger partial charge in [0.15, 0.2) is 0 Å². The monoisotopic (exact) mass is 308 g/mol. The summed E-state index contributed by atoms with van der Waals surface area (Å²) >= 11 is 0. The Balaban J connectivity index is 4.55. The molecule has 0 aromatic heterocycles. The Morgan fingerprint density at radius 1 is 1.05 bits per heavy atom. The molecular formula is C17H22O5. The first-order valence-electron chi connectivity index (χ1n) is 7.85. The Labute approximate surface area is 133 Å². The highest BCUT2D eigenvalue weighted by Crippen LogP contribution is 2.01. The van der Waals surface area contributed by atoms with Gasteiger partial charge in [-0.25, -0.2) is 9.59 Å². The van der Waals surface area contributed by atoms with Crippen molar-refractivity contribution in [1.82, 2.24) is 0 Å². The van der Waals surface area contributed by atoms with E-state index >= 15 is 0 Å². The number of allylic oxidation sites excluding steroid dienone is 6. The molecule has 0 aliphatic rings. The first-order valence-corrected chi connectivity index (χ1v) is 6.70. The number of methoxy groups -OCH3 is 1. The maximum atomic E-state index is 11.1. The smallest absolute Gasteiger partial charge is 0.330 e. The van der Waals surface area contributed by atoms with Crippen LogP contribution in [0.3, 0.4) is 0 Å². The minimum absolute atomic E-state index is 0.262. The fourth-order valence-electron chi connectivity index (χ4n) is 1.19. The molecule has 0 aromatic rings. The molecular weight excluding hydrogens is 284 g/mol. The van der Waals surface area contributed by atoms with Gasteiger partial charge in [-0.3, -0.25) is 0 Å². The predicted molar refractivity (Wildman–Crippen MR) is 84.0 cm³/mol. The largest absolute Gasteiger partial charge is 0.466 e. The molecule has 22 heavy (non-hydrogen) atoms. The van der Waals surface area contributed by atoms with E-state index in [1.54, 1.807) is 6.92 Å². The van der Waals surface area contributed by atoms with Crippen molar-refractivity contribution < 1.29 is 26.6 Å². The zero-order valence-corrected chi connectivity index (χ0v) is 12.7. The second-order valence-corrected chi connectivity index (χ2v) is 3.86. The van der Waals surface area contributed by atoms with Crippen LogP contribution in [0.15, 0.2) is 48.6 Å². The molecule has 0 saturated heterocycles. The summed E-state index contributed by atoms with van der Waals surface area (Å²) in [5.41, 5.74) is 0. The number of hydrogen-bond acceptors (Lipinski definition) is 5. The molecule has 0 amide bonds. The van der Waals surface area contributed by atoms with Crippen molar-refractivity contribution in [3.8, 4) is 0 Å². The number of hydrogen-bond donors (Lipinski definition) is 0. The summed E-state index contributed by atoms with van der Waals surface area (Å²) in [5, 5.41) is 0. The Morgan fingerprint density at radius 2 is 1.59 bits per heavy atom. The topological polar surface area (TPSA) is 69.7 Å². The first-order chi connectivity index (χ1) is 11.4. The molecule has 0 spiro atoms. The number of rotatable bonds is 10. The second kappa shape index (κ2) is 13.5. The van der Waals surface area contributed by atoms with Crippen molar-refractivity contribution in [2.45, 2.75) is 19.7 Å². The van der Waals surface area contributed by atoms with E-state index in [-0.39, 0.29) is 6.61 Å². The zero-order chi connectivity index (χ0) is 18.4. The molecule has 0 aliphatic heterocycles. The van der Waals surface area contributed by atoms with Crippen LogP contribution in [0.5, 0.6) is 0 Å². The van der Waals surface area contributed by atoms with Crippen LogP contribution in [-0.4, -0.2) is 31.9 Å². The summed E-state index contributed by atoms with van der Waals surface area (Å²) < 4.78 is 24.5. The summed E-state index contributed by atoms with van der Waals surface area (Å²) in [4.78, 5) is 33.0. The molecule has 0 fully saturated rings. The van der Waals surface area contributed by atoms with Gasteiger partial charge in [-0.05, 0) is 19.7 Å². The van der Waals surface area contributed by atoms with Crippen molar-refractivity contribution in [1.29, 1.82) is 0 Å². The fourth-order valence-corrected chi connectivity index (χ4v) is 1.19. The summed E-state index contributed by atoms with van der Waals surface area (Å²) in [7, 11) is 1.24. The Kier molecular flexibility index (Phi) is 9.82. The lowest BCUT2D eigenvalue weighted by molar-refractivity contribution is -0.137. The molecule has 0 aromatic carbocycles. The molecule has 0 aliphatic carbocycles. The van der Waals surface area contributed by atoms with Crippen LogP contribution in [0.1, 0.15) is 22.5 Å². The molecule has 120 valence electrons. The van der Waals surface area contributed by atoms with Gasteiger partial charge in [-0.15, -0.1) is 0 Å². The van der Waals surface area contributed by atoms with Crippen LogP contribution in [0, 0.1) is 5.92 Å². The van der Waals surface area contributed by atoms with E-state index in [2.05, 4.69) is 4.74 Å². The van der Waals surface area contributed by atoms with Crippen LogP contribution in [0.4, 0.5) is 0 Å². The molecule has 3 unspecified atom stereocenters. The molecule has 0 rings (SSSR count). The van der Waals surface area contributed by atoms with E-state index in [1.807, 2.05) is 0 Å². The molecule has 5 nitrogen and oxygen atoms in total. The quantitative estimate of drug-likeness (QED) is 0.268. The van der Waals surface area contributed by atoms with Crippen molar-refractivity contribution in [2.24, 2.45) is 5.92 Å². The van der Waals surface area contributed by atoms with E-state index in [0.717, 1.165) is 12.2 Å². The third-order valence-corrected chi connectivity index (χ3v) is 2.22. The molecule has 0 heterocycles. The van der Waals surface area contributed by atoms with Crippen molar-refractivity contribution >= 4 is 18.2 Å². The van der Waals surface area contributed by atoms with Gasteiger partial charge in [-0.2, -0.15) is 0 Å². The van der Waals surface area contributed by atoms with Gasteiger partial charge in [0.1, 0.15) is 6.29 Å². The molecule has 3 atom stereocenters. The van der Waals surface area contributed by atoms with Gasteiger partial charge in [-0.1, -0.05) is 36.5 Å². The van der Waals surface area contributed by atoms with E-state index in [1.165, 1.54) is 43.6 Å². The Bertz CT molecular complexity index is 523. The molecule has 0 radical (unpaired) electrons. The van der Waals surface area contributed by atoms with Gasteiger partial charge in [0.2, 0.25) is 0 Å². The lowest BCUT2D eigenvalue weighted by Gasteiger charge is -1.95. The lowest BCUT2D eigenvalue weighted by Crippen LogP contribution is -1.98. The lowest BCUT2D eigenvalue weighted by atomic mass is 10.1. The maximum absolute atomic E-state index is 11.1. The highest BCUT2D eigenvalue weighted by molar-refractivity contribution is 5.82. The van der Waals surface area contributed by atoms with Gasteiger partial charge in [0.25, 0.3) is 0 Å². The average Bonchev–Trinajstić information content (AvgIpc) is 2.58. The summed E-state index contributed by atoms with van der Waals surface area (Å²) in [6.45, 7) is 1.95. The highest BCUT2D eigenvalue weighted by Gasteiger charge is 1.95. The van der Waals surface area contributed by atoms with Crippen LogP contribution in [-0.2, 0) is 23.9 Å². The van der Waals surface area contributed by atoms with E-state index in [9.17, 15) is 14.4 Å². The number of carbonyl (C=O) groups is 3. The SMILES string of the molecule is [2H]C(C=CC(=O)OC)C=CC(C=O)C=CC([2H])C=CC(=O)OCC. The second-order valence-electron chi connectivity index (χ2n) is 3.86. The standard InChI is InChI=1S/C17H22O5/c1-3-22-17(20)13-9-5-7-11-15(14-18)10-6-4-8-12-16(19)21-2/h6-15H,3-5H2,1-2H3/i4D,5D. The number of aldehydes is 1. The van der Waals surface area contributed by atoms with Crippen LogP contribution >= 0.6 is 0 Å². The van der Waals surface area contributed by atoms with Gasteiger partial charge >= 0.3 is 11.9 Å². The Hall–Kier alpha value is -2.43. The minimum atomic E-state index is -0.796. The average molecular weight is 308 g/mol. The molecule has 0 saturated carbocycles. The number of carbonyl (C=O) groups excluding carboxylic acids is 3. The molecule has 0 N–H and O–H groups in total. The van der Waals surface area contributed by atoms with E-state index in [0.29, 0.717) is 6.29 Å². The fraction of sp³-hybridized carbons (Fsp3) is 0.353. The number of esters is 2. The van der Waals surface area contributed by atoms with Crippen molar-refractivity contribution in [3.63, 3.8) is 0 Å². The molecule has 5 heteroatoms. The summed E-state index contributed by atoms with van der Waals surface area (Å²) in [6, 6.07) is 0. The van der Waals surface area contributed by atoms with Crippen molar-refractivity contribution in [3.05, 3.63) is 48.6 Å². The normalized spacial score (nSPS) is 17.4. The minimum Gasteiger partial charge on any atom is -0.466 e. The van der Waals surface area contributed by atoms with Crippen molar-refractivity contribution in [2.75, 3.05) is 13.7 Å². The highest BCUT2D eigenvalue weighted by atomic mass is 16.5. The Morgan fingerprint density at radius 3 is 2.05 bits per heavy atom. The predicted octanol–water partition coefficient (Wildman–Crippen LogP) is 2.54. The summed E-state index contributed by atoms with van der Waals surface area (Å²) in [5.74, 6) is -1.68. The number of ether oxygens (including phenoxy) is 2. The first kappa shape index (κ1) is 15.9. The van der Waals surface area contributed by atoms with Gasteiger partial charge in [0.05, 0.1) is 19.6 Å². The van der Waals surface area contributed by atoms with Gasteiger partial charge < -0.3 is 14.3 Å². The van der Waals surface area contributed by atoms with Crippen LogP contribution < -0.4 is 0 Å². The van der Waals surface area contributed by atoms with Gasteiger partial charge in [0, 0.05) is 14.9 Å². The van der Waals surface area contributed by atoms with E-state index < -0.39 is 30.7 Å². The maximum Gasteiger partial charge on any atom is 0.330 e. The van der Waals surface area contributed by atoms with E-state index in [4.69, 9.17) is 7.48 Å². The van der Waals surface area contributed by atoms with Crippen LogP contribution in [0.2, 0.25) is 0 Å². The third kappa shape index (κ3) is 11.4. The summed E-state index contributed by atoms with van der Waals surface area (Å²) in [6.07, 6.45) is 9.90. The molecule has 0 bridgehead atoms. The zero-order valence-electron chi connectivity index (χ0n) is 14.7.